The van der Waals surface area contributed by atoms with E-state index in [0.717, 1.165) is 37.6 Å². The lowest BCUT2D eigenvalue weighted by Gasteiger charge is -2.28. The van der Waals surface area contributed by atoms with E-state index in [1.807, 2.05) is 19.1 Å². The van der Waals surface area contributed by atoms with Crippen LogP contribution in [0.4, 0.5) is 5.82 Å². The van der Waals surface area contributed by atoms with Crippen LogP contribution in [-0.4, -0.2) is 53.7 Å². The summed E-state index contributed by atoms with van der Waals surface area (Å²) in [6, 6.07) is 3.94. The molecule has 1 saturated heterocycles. The molecule has 21 heavy (non-hydrogen) atoms. The molecule has 1 aliphatic rings. The van der Waals surface area contributed by atoms with Crippen LogP contribution in [-0.2, 0) is 4.79 Å². The molecule has 0 saturated carbocycles. The number of aliphatic carboxylic acids is 1. The smallest absolute Gasteiger partial charge is 0.308 e. The van der Waals surface area contributed by atoms with E-state index in [1.54, 1.807) is 13.1 Å². The molecule has 0 radical (unpaired) electrons. The van der Waals surface area contributed by atoms with Gasteiger partial charge in [-0.05, 0) is 44.5 Å². The van der Waals surface area contributed by atoms with E-state index in [0.29, 0.717) is 6.54 Å². The molecule has 2 rings (SSSR count). The molecule has 1 unspecified atom stereocenters. The van der Waals surface area contributed by atoms with Crippen molar-refractivity contribution in [1.82, 2.24) is 9.88 Å². The number of carboxylic acids is 1. The number of anilines is 1. The number of carbonyl (C=O) groups is 1. The van der Waals surface area contributed by atoms with Crippen molar-refractivity contribution in [3.63, 3.8) is 0 Å². The first-order valence-electron chi connectivity index (χ1n) is 7.69. The Labute approximate surface area is 126 Å². The molecule has 2 heterocycles. The first-order valence-corrected chi connectivity index (χ1v) is 7.69. The van der Waals surface area contributed by atoms with Gasteiger partial charge >= 0.3 is 5.97 Å². The molecular weight excluding hydrogens is 266 g/mol. The highest BCUT2D eigenvalue weighted by Gasteiger charge is 2.20. The molecule has 5 nitrogen and oxygen atoms in total. The zero-order chi connectivity index (χ0) is 15.2. The largest absolute Gasteiger partial charge is 0.481 e. The van der Waals surface area contributed by atoms with Crippen LogP contribution in [0.5, 0.6) is 0 Å². The van der Waals surface area contributed by atoms with E-state index in [1.165, 1.54) is 12.8 Å². The minimum atomic E-state index is -0.755. The van der Waals surface area contributed by atoms with E-state index in [9.17, 15) is 4.79 Å². The number of pyridine rings is 1. The highest BCUT2D eigenvalue weighted by atomic mass is 16.4. The van der Waals surface area contributed by atoms with Crippen LogP contribution in [0, 0.1) is 12.8 Å². The molecule has 0 amide bonds. The van der Waals surface area contributed by atoms with Gasteiger partial charge < -0.3 is 14.9 Å². The van der Waals surface area contributed by atoms with Gasteiger partial charge in [-0.1, -0.05) is 13.0 Å². The zero-order valence-corrected chi connectivity index (χ0v) is 13.0. The normalized spacial score (nSPS) is 16.9. The first kappa shape index (κ1) is 15.8. The molecule has 0 aromatic carbocycles. The fraction of sp³-hybridized carbons (Fsp3) is 0.625. The van der Waals surface area contributed by atoms with Gasteiger partial charge in [0, 0.05) is 25.8 Å². The van der Waals surface area contributed by atoms with Crippen molar-refractivity contribution in [2.45, 2.75) is 26.7 Å². The second kappa shape index (κ2) is 7.41. The minimum Gasteiger partial charge on any atom is -0.481 e. The number of aromatic nitrogens is 1. The number of hydrogen-bond acceptors (Lipinski definition) is 4. The van der Waals surface area contributed by atoms with Crippen LogP contribution >= 0.6 is 0 Å². The van der Waals surface area contributed by atoms with Crippen molar-refractivity contribution in [2.75, 3.05) is 37.6 Å². The second-order valence-corrected chi connectivity index (χ2v) is 5.88. The van der Waals surface area contributed by atoms with Crippen molar-refractivity contribution < 1.29 is 9.90 Å². The monoisotopic (exact) mass is 291 g/mol. The van der Waals surface area contributed by atoms with Crippen LogP contribution in [0.25, 0.3) is 0 Å². The van der Waals surface area contributed by atoms with E-state index >= 15 is 0 Å². The molecule has 1 fully saturated rings. The van der Waals surface area contributed by atoms with Gasteiger partial charge in [0.1, 0.15) is 5.82 Å². The topological polar surface area (TPSA) is 56.7 Å². The summed E-state index contributed by atoms with van der Waals surface area (Å²) in [6.07, 6.45) is 4.32. The van der Waals surface area contributed by atoms with E-state index in [-0.39, 0.29) is 0 Å². The first-order chi connectivity index (χ1) is 10.1. The van der Waals surface area contributed by atoms with E-state index in [4.69, 9.17) is 5.11 Å². The fourth-order valence-corrected chi connectivity index (χ4v) is 2.77. The van der Waals surface area contributed by atoms with Gasteiger partial charge in [-0.15, -0.1) is 0 Å². The number of likely N-dealkylation sites (tertiary alicyclic amines) is 1. The fourth-order valence-electron chi connectivity index (χ4n) is 2.77. The third-order valence-corrected chi connectivity index (χ3v) is 4.08. The molecule has 5 heteroatoms. The predicted molar refractivity (Wildman–Crippen MR) is 83.7 cm³/mol. The Morgan fingerprint density at radius 3 is 2.81 bits per heavy atom. The van der Waals surface area contributed by atoms with Crippen LogP contribution in [0.3, 0.4) is 0 Å². The Morgan fingerprint density at radius 1 is 1.48 bits per heavy atom. The van der Waals surface area contributed by atoms with Crippen LogP contribution < -0.4 is 4.90 Å². The van der Waals surface area contributed by atoms with Crippen molar-refractivity contribution in [1.29, 1.82) is 0 Å². The van der Waals surface area contributed by atoms with E-state index < -0.39 is 11.9 Å². The summed E-state index contributed by atoms with van der Waals surface area (Å²) in [5.41, 5.74) is 1.09. The highest BCUT2D eigenvalue weighted by molar-refractivity contribution is 5.70. The third kappa shape index (κ3) is 4.43. The molecule has 0 bridgehead atoms. The number of aryl methyl sites for hydroxylation is 1. The van der Waals surface area contributed by atoms with Crippen molar-refractivity contribution in [2.24, 2.45) is 5.92 Å². The van der Waals surface area contributed by atoms with Crippen molar-refractivity contribution >= 4 is 11.8 Å². The Bertz CT molecular complexity index is 472. The van der Waals surface area contributed by atoms with Gasteiger partial charge in [0.25, 0.3) is 0 Å². The minimum absolute atomic E-state index is 0.398. The summed E-state index contributed by atoms with van der Waals surface area (Å²) in [5, 5.41) is 9.17. The average molecular weight is 291 g/mol. The van der Waals surface area contributed by atoms with Crippen LogP contribution in [0.1, 0.15) is 25.3 Å². The quantitative estimate of drug-likeness (QED) is 0.833. The lowest BCUT2D eigenvalue weighted by Crippen LogP contribution is -2.38. The molecule has 0 aliphatic carbocycles. The van der Waals surface area contributed by atoms with Crippen LogP contribution in [0.2, 0.25) is 0 Å². The Hall–Kier alpha value is -1.62. The molecule has 1 aromatic heterocycles. The van der Waals surface area contributed by atoms with E-state index in [2.05, 4.69) is 14.8 Å². The molecule has 116 valence electrons. The number of hydrogen-bond donors (Lipinski definition) is 1. The average Bonchev–Trinajstić information content (AvgIpc) is 2.97. The highest BCUT2D eigenvalue weighted by Crippen LogP contribution is 2.18. The SMILES string of the molecule is Cc1cccnc1N(CCN1CCCC1)CC(C)C(=O)O. The maximum absolute atomic E-state index is 11.2. The standard InChI is InChI=1S/C16H25N3O2/c1-13-6-5-7-17-15(13)19(12-14(2)16(20)21)11-10-18-8-3-4-9-18/h5-7,14H,3-4,8-12H2,1-2H3,(H,20,21). The van der Waals surface area contributed by atoms with Crippen molar-refractivity contribution in [3.05, 3.63) is 23.9 Å². The Kier molecular flexibility index (Phi) is 5.56. The van der Waals surface area contributed by atoms with Gasteiger partial charge in [0.2, 0.25) is 0 Å². The zero-order valence-electron chi connectivity index (χ0n) is 13.0. The van der Waals surface area contributed by atoms with Gasteiger partial charge in [0.15, 0.2) is 0 Å². The summed E-state index contributed by atoms with van der Waals surface area (Å²) in [5.74, 6) is -0.246. The lowest BCUT2D eigenvalue weighted by molar-refractivity contribution is -0.140. The Morgan fingerprint density at radius 2 is 2.19 bits per heavy atom. The van der Waals surface area contributed by atoms with Gasteiger partial charge in [-0.3, -0.25) is 4.79 Å². The summed E-state index contributed by atoms with van der Waals surface area (Å²) >= 11 is 0. The third-order valence-electron chi connectivity index (χ3n) is 4.08. The number of nitrogens with zero attached hydrogens (tertiary/aromatic N) is 3. The molecular formula is C16H25N3O2. The molecule has 1 N–H and O–H groups in total. The predicted octanol–water partition coefficient (Wildman–Crippen LogP) is 2.01. The molecule has 1 atom stereocenters. The maximum atomic E-state index is 11.2. The summed E-state index contributed by atoms with van der Waals surface area (Å²) in [7, 11) is 0. The van der Waals surface area contributed by atoms with Gasteiger partial charge in [0.05, 0.1) is 5.92 Å². The molecule has 1 aromatic rings. The molecule has 1 aliphatic heterocycles. The van der Waals surface area contributed by atoms with Crippen molar-refractivity contribution in [3.8, 4) is 0 Å². The number of rotatable bonds is 7. The summed E-state index contributed by atoms with van der Waals surface area (Å²) in [4.78, 5) is 20.2. The lowest BCUT2D eigenvalue weighted by atomic mass is 10.1. The summed E-state index contributed by atoms with van der Waals surface area (Å²) < 4.78 is 0. The Balaban J connectivity index is 2.05. The van der Waals surface area contributed by atoms with Gasteiger partial charge in [-0.25, -0.2) is 4.98 Å². The maximum Gasteiger partial charge on any atom is 0.308 e. The number of carboxylic acid groups (broad SMARTS) is 1. The summed E-state index contributed by atoms with van der Waals surface area (Å²) in [6.45, 7) is 8.39. The second-order valence-electron chi connectivity index (χ2n) is 5.88. The van der Waals surface area contributed by atoms with Gasteiger partial charge in [-0.2, -0.15) is 0 Å². The van der Waals surface area contributed by atoms with Crippen LogP contribution in [0.15, 0.2) is 18.3 Å². The molecule has 0 spiro atoms.